The van der Waals surface area contributed by atoms with Gasteiger partial charge in [-0.2, -0.15) is 0 Å². The van der Waals surface area contributed by atoms with Crippen LogP contribution in [0.25, 0.3) is 0 Å². The summed E-state index contributed by atoms with van der Waals surface area (Å²) in [6.07, 6.45) is 12.8. The molecule has 2 aliphatic rings. The van der Waals surface area contributed by atoms with Gasteiger partial charge in [0.2, 0.25) is 0 Å². The van der Waals surface area contributed by atoms with Crippen molar-refractivity contribution < 1.29 is 0 Å². The second-order valence-corrected chi connectivity index (χ2v) is 5.78. The van der Waals surface area contributed by atoms with Crippen LogP contribution in [0.3, 0.4) is 0 Å². The van der Waals surface area contributed by atoms with Crippen molar-refractivity contribution in [3.63, 3.8) is 0 Å². The molecule has 3 N–H and O–H groups in total. The zero-order chi connectivity index (χ0) is 11.2. The van der Waals surface area contributed by atoms with Crippen LogP contribution in [-0.2, 0) is 0 Å². The maximum atomic E-state index is 5.92. The molecule has 0 bridgehead atoms. The number of nitrogens with one attached hydrogen (secondary N) is 1. The van der Waals surface area contributed by atoms with E-state index in [1.54, 1.807) is 0 Å². The molecular weight excluding hydrogens is 196 g/mol. The van der Waals surface area contributed by atoms with Crippen molar-refractivity contribution in [1.29, 1.82) is 0 Å². The minimum Gasteiger partial charge on any atom is -0.329 e. The lowest BCUT2D eigenvalue weighted by atomic mass is 9.91. The Kier molecular flexibility index (Phi) is 5.11. The van der Waals surface area contributed by atoms with Crippen LogP contribution < -0.4 is 11.1 Å². The van der Waals surface area contributed by atoms with E-state index in [1.165, 1.54) is 64.3 Å². The SMILES string of the molecule is NCC(NCCC1CC1)C1CCCCCC1. The molecule has 0 aromatic carbocycles. The standard InChI is InChI=1S/C14H28N2/c15-11-14(16-10-9-12-7-8-12)13-5-3-1-2-4-6-13/h12-14,16H,1-11,15H2. The first-order valence-corrected chi connectivity index (χ1v) is 7.33. The van der Waals surface area contributed by atoms with E-state index in [-0.39, 0.29) is 0 Å². The predicted molar refractivity (Wildman–Crippen MR) is 69.4 cm³/mol. The van der Waals surface area contributed by atoms with Gasteiger partial charge in [-0.3, -0.25) is 0 Å². The van der Waals surface area contributed by atoms with Gasteiger partial charge in [0.25, 0.3) is 0 Å². The van der Waals surface area contributed by atoms with E-state index in [0.717, 1.165) is 18.4 Å². The third-order valence-corrected chi connectivity index (χ3v) is 4.38. The van der Waals surface area contributed by atoms with E-state index in [0.29, 0.717) is 6.04 Å². The summed E-state index contributed by atoms with van der Waals surface area (Å²) in [4.78, 5) is 0. The number of nitrogens with two attached hydrogens (primary N) is 1. The van der Waals surface area contributed by atoms with Gasteiger partial charge in [0.15, 0.2) is 0 Å². The zero-order valence-corrected chi connectivity index (χ0v) is 10.6. The number of rotatable bonds is 6. The molecule has 2 saturated carbocycles. The molecule has 0 aromatic rings. The molecule has 2 heteroatoms. The van der Waals surface area contributed by atoms with Gasteiger partial charge in [0, 0.05) is 12.6 Å². The second kappa shape index (κ2) is 6.61. The summed E-state index contributed by atoms with van der Waals surface area (Å²) in [6.45, 7) is 2.03. The third-order valence-electron chi connectivity index (χ3n) is 4.38. The second-order valence-electron chi connectivity index (χ2n) is 5.78. The molecular formula is C14H28N2. The molecule has 0 aliphatic heterocycles. The van der Waals surface area contributed by atoms with Crippen molar-refractivity contribution >= 4 is 0 Å². The van der Waals surface area contributed by atoms with Crippen LogP contribution in [0.1, 0.15) is 57.8 Å². The Bertz CT molecular complexity index is 181. The van der Waals surface area contributed by atoms with Crippen LogP contribution in [0.5, 0.6) is 0 Å². The van der Waals surface area contributed by atoms with Crippen LogP contribution >= 0.6 is 0 Å². The molecule has 2 fully saturated rings. The van der Waals surface area contributed by atoms with Gasteiger partial charge in [-0.05, 0) is 37.6 Å². The molecule has 16 heavy (non-hydrogen) atoms. The number of hydrogen-bond acceptors (Lipinski definition) is 2. The van der Waals surface area contributed by atoms with Crippen molar-refractivity contribution in [2.45, 2.75) is 63.8 Å². The van der Waals surface area contributed by atoms with Gasteiger partial charge >= 0.3 is 0 Å². The monoisotopic (exact) mass is 224 g/mol. The largest absolute Gasteiger partial charge is 0.329 e. The predicted octanol–water partition coefficient (Wildman–Crippen LogP) is 2.67. The summed E-state index contributed by atoms with van der Waals surface area (Å²) in [5.74, 6) is 1.90. The van der Waals surface area contributed by atoms with E-state index in [1.807, 2.05) is 0 Å². The average Bonchev–Trinajstić information content (AvgIpc) is 3.11. The Hall–Kier alpha value is -0.0800. The van der Waals surface area contributed by atoms with Crippen LogP contribution in [0, 0.1) is 11.8 Å². The fourth-order valence-electron chi connectivity index (χ4n) is 3.04. The normalized spacial score (nSPS) is 25.3. The molecule has 94 valence electrons. The van der Waals surface area contributed by atoms with Crippen molar-refractivity contribution in [1.82, 2.24) is 5.32 Å². The molecule has 2 nitrogen and oxygen atoms in total. The zero-order valence-electron chi connectivity index (χ0n) is 10.6. The highest BCUT2D eigenvalue weighted by atomic mass is 14.9. The van der Waals surface area contributed by atoms with Crippen molar-refractivity contribution in [2.24, 2.45) is 17.6 Å². The maximum Gasteiger partial charge on any atom is 0.0218 e. The minimum absolute atomic E-state index is 0.594. The van der Waals surface area contributed by atoms with Crippen molar-refractivity contribution in [3.8, 4) is 0 Å². The first kappa shape index (κ1) is 12.4. The van der Waals surface area contributed by atoms with Gasteiger partial charge in [-0.1, -0.05) is 38.5 Å². The highest BCUT2D eigenvalue weighted by Gasteiger charge is 2.23. The van der Waals surface area contributed by atoms with Gasteiger partial charge in [0.1, 0.15) is 0 Å². The molecule has 2 rings (SSSR count). The van der Waals surface area contributed by atoms with Gasteiger partial charge < -0.3 is 11.1 Å². The topological polar surface area (TPSA) is 38.0 Å². The summed E-state index contributed by atoms with van der Waals surface area (Å²) in [6, 6.07) is 0.594. The summed E-state index contributed by atoms with van der Waals surface area (Å²) in [5, 5.41) is 3.71. The van der Waals surface area contributed by atoms with Crippen LogP contribution in [0.15, 0.2) is 0 Å². The lowest BCUT2D eigenvalue weighted by molar-refractivity contribution is 0.321. The summed E-state index contributed by atoms with van der Waals surface area (Å²) in [7, 11) is 0. The van der Waals surface area contributed by atoms with Crippen molar-refractivity contribution in [2.75, 3.05) is 13.1 Å². The van der Waals surface area contributed by atoms with Gasteiger partial charge in [0.05, 0.1) is 0 Å². The average molecular weight is 224 g/mol. The Morgan fingerprint density at radius 1 is 1.00 bits per heavy atom. The van der Waals surface area contributed by atoms with Crippen molar-refractivity contribution in [3.05, 3.63) is 0 Å². The van der Waals surface area contributed by atoms with E-state index < -0.39 is 0 Å². The Morgan fingerprint density at radius 2 is 1.69 bits per heavy atom. The Morgan fingerprint density at radius 3 is 2.25 bits per heavy atom. The summed E-state index contributed by atoms with van der Waals surface area (Å²) >= 11 is 0. The Balaban J connectivity index is 1.68. The molecule has 0 spiro atoms. The number of hydrogen-bond donors (Lipinski definition) is 2. The van der Waals surface area contributed by atoms with Gasteiger partial charge in [-0.15, -0.1) is 0 Å². The Labute approximate surface area is 100 Å². The molecule has 2 aliphatic carbocycles. The first-order valence-electron chi connectivity index (χ1n) is 7.33. The van der Waals surface area contributed by atoms with E-state index in [2.05, 4.69) is 5.32 Å². The summed E-state index contributed by atoms with van der Waals surface area (Å²) in [5.41, 5.74) is 5.92. The fraction of sp³-hybridized carbons (Fsp3) is 1.00. The van der Waals surface area contributed by atoms with Crippen LogP contribution in [0.2, 0.25) is 0 Å². The highest BCUT2D eigenvalue weighted by molar-refractivity contribution is 4.81. The van der Waals surface area contributed by atoms with E-state index in [4.69, 9.17) is 5.73 Å². The highest BCUT2D eigenvalue weighted by Crippen LogP contribution is 2.32. The molecule has 1 atom stereocenters. The van der Waals surface area contributed by atoms with Crippen LogP contribution in [-0.4, -0.2) is 19.1 Å². The van der Waals surface area contributed by atoms with E-state index in [9.17, 15) is 0 Å². The minimum atomic E-state index is 0.594. The van der Waals surface area contributed by atoms with Crippen LogP contribution in [0.4, 0.5) is 0 Å². The quantitative estimate of drug-likeness (QED) is 0.681. The lowest BCUT2D eigenvalue weighted by Gasteiger charge is -2.26. The van der Waals surface area contributed by atoms with E-state index >= 15 is 0 Å². The lowest BCUT2D eigenvalue weighted by Crippen LogP contribution is -2.42. The molecule has 0 amide bonds. The molecule has 0 radical (unpaired) electrons. The fourth-order valence-corrected chi connectivity index (χ4v) is 3.04. The molecule has 0 heterocycles. The molecule has 0 aromatic heterocycles. The smallest absolute Gasteiger partial charge is 0.0218 e. The molecule has 0 saturated heterocycles. The summed E-state index contributed by atoms with van der Waals surface area (Å²) < 4.78 is 0. The third kappa shape index (κ3) is 4.06. The first-order chi connectivity index (χ1) is 7.90. The maximum absolute atomic E-state index is 5.92. The molecule has 1 unspecified atom stereocenters. The van der Waals surface area contributed by atoms with Gasteiger partial charge in [-0.25, -0.2) is 0 Å².